The van der Waals surface area contributed by atoms with Crippen LogP contribution >= 0.6 is 0 Å². The van der Waals surface area contributed by atoms with E-state index in [0.29, 0.717) is 13.0 Å². The summed E-state index contributed by atoms with van der Waals surface area (Å²) in [5.41, 5.74) is 1.05. The lowest BCUT2D eigenvalue weighted by atomic mass is 9.76. The molecule has 102 valence electrons. The summed E-state index contributed by atoms with van der Waals surface area (Å²) in [6, 6.07) is 7.83. The predicted molar refractivity (Wildman–Crippen MR) is 72.0 cm³/mol. The molecule has 0 fully saturated rings. The van der Waals surface area contributed by atoms with Gasteiger partial charge in [-0.3, -0.25) is 4.79 Å². The molecule has 1 aromatic carbocycles. The van der Waals surface area contributed by atoms with Crippen LogP contribution in [0.1, 0.15) is 37.8 Å². The predicted octanol–water partition coefficient (Wildman–Crippen LogP) is 2.04. The Morgan fingerprint density at radius 1 is 1.37 bits per heavy atom. The summed E-state index contributed by atoms with van der Waals surface area (Å²) in [5.74, 6) is -1.25. The van der Waals surface area contributed by atoms with Crippen LogP contribution in [0, 0.1) is 0 Å². The van der Waals surface area contributed by atoms with E-state index < -0.39 is 11.5 Å². The molecular formula is C15H19NO3. The van der Waals surface area contributed by atoms with Crippen LogP contribution in [0.25, 0.3) is 0 Å². The zero-order valence-electron chi connectivity index (χ0n) is 11.5. The summed E-state index contributed by atoms with van der Waals surface area (Å²) in [4.78, 5) is 25.3. The number of aliphatic carboxylic acids is 1. The van der Waals surface area contributed by atoms with Crippen LogP contribution in [0.4, 0.5) is 0 Å². The summed E-state index contributed by atoms with van der Waals surface area (Å²) >= 11 is 0. The topological polar surface area (TPSA) is 57.6 Å². The van der Waals surface area contributed by atoms with Gasteiger partial charge in [0.1, 0.15) is 5.54 Å². The SMILES string of the molecule is CCN(C(=O)C1Cc2ccccc21)C(C)(C)C(=O)O. The Balaban J connectivity index is 2.23. The van der Waals surface area contributed by atoms with Crippen molar-refractivity contribution in [2.45, 2.75) is 38.6 Å². The van der Waals surface area contributed by atoms with E-state index in [1.807, 2.05) is 31.2 Å². The molecule has 1 atom stereocenters. The molecule has 0 heterocycles. The molecular weight excluding hydrogens is 242 g/mol. The van der Waals surface area contributed by atoms with Gasteiger partial charge in [0.25, 0.3) is 0 Å². The molecule has 1 aliphatic rings. The van der Waals surface area contributed by atoms with E-state index in [1.54, 1.807) is 13.8 Å². The smallest absolute Gasteiger partial charge is 0.329 e. The van der Waals surface area contributed by atoms with Crippen molar-refractivity contribution in [3.05, 3.63) is 35.4 Å². The average molecular weight is 261 g/mol. The van der Waals surface area contributed by atoms with Crippen LogP contribution in [0.2, 0.25) is 0 Å². The molecule has 0 aliphatic heterocycles. The second-order valence-corrected chi connectivity index (χ2v) is 5.40. The molecule has 2 rings (SSSR count). The molecule has 0 saturated carbocycles. The van der Waals surface area contributed by atoms with Crippen LogP contribution in [-0.4, -0.2) is 34.0 Å². The molecule has 1 aliphatic carbocycles. The fourth-order valence-electron chi connectivity index (χ4n) is 2.61. The molecule has 0 radical (unpaired) electrons. The molecule has 0 aromatic heterocycles. The lowest BCUT2D eigenvalue weighted by molar-refractivity contribution is -0.157. The average Bonchev–Trinajstić information content (AvgIpc) is 2.31. The first kappa shape index (κ1) is 13.6. The number of hydrogen-bond donors (Lipinski definition) is 1. The van der Waals surface area contributed by atoms with Gasteiger partial charge in [0.05, 0.1) is 5.92 Å². The van der Waals surface area contributed by atoms with Crippen molar-refractivity contribution in [3.8, 4) is 0 Å². The van der Waals surface area contributed by atoms with Crippen molar-refractivity contribution in [2.75, 3.05) is 6.54 Å². The second-order valence-electron chi connectivity index (χ2n) is 5.40. The Hall–Kier alpha value is -1.84. The van der Waals surface area contributed by atoms with Crippen LogP contribution in [0.5, 0.6) is 0 Å². The third-order valence-corrected chi connectivity index (χ3v) is 3.93. The summed E-state index contributed by atoms with van der Waals surface area (Å²) in [5, 5.41) is 9.27. The van der Waals surface area contributed by atoms with E-state index >= 15 is 0 Å². The summed E-state index contributed by atoms with van der Waals surface area (Å²) in [6.45, 7) is 5.35. The number of nitrogens with zero attached hydrogens (tertiary/aromatic N) is 1. The number of benzene rings is 1. The molecule has 1 aromatic rings. The first-order valence-electron chi connectivity index (χ1n) is 6.52. The van der Waals surface area contributed by atoms with Gasteiger partial charge in [-0.1, -0.05) is 24.3 Å². The van der Waals surface area contributed by atoms with Gasteiger partial charge in [-0.2, -0.15) is 0 Å². The minimum Gasteiger partial charge on any atom is -0.480 e. The fraction of sp³-hybridized carbons (Fsp3) is 0.467. The number of carboxylic acids is 1. The second kappa shape index (κ2) is 4.68. The Morgan fingerprint density at radius 3 is 2.53 bits per heavy atom. The zero-order valence-corrected chi connectivity index (χ0v) is 11.5. The Morgan fingerprint density at radius 2 is 2.00 bits per heavy atom. The van der Waals surface area contributed by atoms with Crippen molar-refractivity contribution in [1.29, 1.82) is 0 Å². The summed E-state index contributed by atoms with van der Waals surface area (Å²) in [6.07, 6.45) is 0.710. The number of amides is 1. The Labute approximate surface area is 113 Å². The first-order chi connectivity index (χ1) is 8.89. The number of hydrogen-bond acceptors (Lipinski definition) is 2. The minimum atomic E-state index is -1.17. The van der Waals surface area contributed by atoms with E-state index in [9.17, 15) is 14.7 Å². The van der Waals surface area contributed by atoms with Gasteiger partial charge in [-0.25, -0.2) is 4.79 Å². The number of fused-ring (bicyclic) bond motifs is 1. The number of carbonyl (C=O) groups excluding carboxylic acids is 1. The minimum absolute atomic E-state index is 0.0893. The largest absolute Gasteiger partial charge is 0.480 e. The van der Waals surface area contributed by atoms with Crippen molar-refractivity contribution in [3.63, 3.8) is 0 Å². The van der Waals surface area contributed by atoms with E-state index in [-0.39, 0.29) is 11.8 Å². The van der Waals surface area contributed by atoms with E-state index in [4.69, 9.17) is 0 Å². The standard InChI is InChI=1S/C15H19NO3/c1-4-16(15(2,3)14(18)19)13(17)12-9-10-7-5-6-8-11(10)12/h5-8,12H,4,9H2,1-3H3,(H,18,19). The van der Waals surface area contributed by atoms with Gasteiger partial charge < -0.3 is 10.0 Å². The Kier molecular flexibility index (Phi) is 3.35. The van der Waals surface area contributed by atoms with Crippen molar-refractivity contribution in [2.24, 2.45) is 0 Å². The molecule has 1 N–H and O–H groups in total. The molecule has 0 bridgehead atoms. The van der Waals surface area contributed by atoms with Crippen molar-refractivity contribution < 1.29 is 14.7 Å². The van der Waals surface area contributed by atoms with Crippen LogP contribution in [0.3, 0.4) is 0 Å². The van der Waals surface area contributed by atoms with E-state index in [0.717, 1.165) is 5.56 Å². The quantitative estimate of drug-likeness (QED) is 0.902. The van der Waals surface area contributed by atoms with Crippen LogP contribution in [0.15, 0.2) is 24.3 Å². The van der Waals surface area contributed by atoms with Gasteiger partial charge in [0.2, 0.25) is 5.91 Å². The maximum absolute atomic E-state index is 12.5. The summed E-state index contributed by atoms with van der Waals surface area (Å²) in [7, 11) is 0. The summed E-state index contributed by atoms with van der Waals surface area (Å²) < 4.78 is 0. The zero-order chi connectivity index (χ0) is 14.2. The first-order valence-corrected chi connectivity index (χ1v) is 6.52. The van der Waals surface area contributed by atoms with Gasteiger partial charge in [-0.05, 0) is 38.3 Å². The van der Waals surface area contributed by atoms with Gasteiger partial charge in [0.15, 0.2) is 0 Å². The lowest BCUT2D eigenvalue weighted by Gasteiger charge is -2.39. The van der Waals surface area contributed by atoms with Crippen LogP contribution in [-0.2, 0) is 16.0 Å². The number of rotatable bonds is 4. The molecule has 1 unspecified atom stereocenters. The molecule has 0 spiro atoms. The number of carboxylic acid groups (broad SMARTS) is 1. The molecule has 4 heteroatoms. The van der Waals surface area contributed by atoms with Gasteiger partial charge >= 0.3 is 5.97 Å². The highest BCUT2D eigenvalue weighted by Gasteiger charge is 2.42. The van der Waals surface area contributed by atoms with Gasteiger partial charge in [-0.15, -0.1) is 0 Å². The molecule has 4 nitrogen and oxygen atoms in total. The third kappa shape index (κ3) is 2.11. The highest BCUT2D eigenvalue weighted by molar-refractivity contribution is 5.92. The van der Waals surface area contributed by atoms with Crippen LogP contribution < -0.4 is 0 Å². The fourth-order valence-corrected chi connectivity index (χ4v) is 2.61. The van der Waals surface area contributed by atoms with Gasteiger partial charge in [0, 0.05) is 6.54 Å². The number of carbonyl (C=O) groups is 2. The molecule has 0 saturated heterocycles. The number of likely N-dealkylation sites (N-methyl/N-ethyl adjacent to an activating group) is 1. The highest BCUT2D eigenvalue weighted by atomic mass is 16.4. The van der Waals surface area contributed by atoms with E-state index in [1.165, 1.54) is 10.5 Å². The highest BCUT2D eigenvalue weighted by Crippen LogP contribution is 2.37. The monoisotopic (exact) mass is 261 g/mol. The maximum atomic E-state index is 12.5. The maximum Gasteiger partial charge on any atom is 0.329 e. The lowest BCUT2D eigenvalue weighted by Crippen LogP contribution is -2.55. The van der Waals surface area contributed by atoms with Crippen molar-refractivity contribution >= 4 is 11.9 Å². The van der Waals surface area contributed by atoms with Crippen molar-refractivity contribution in [1.82, 2.24) is 4.90 Å². The molecule has 1 amide bonds. The molecule has 19 heavy (non-hydrogen) atoms. The van der Waals surface area contributed by atoms with E-state index in [2.05, 4.69) is 0 Å². The Bertz CT molecular complexity index is 522. The normalized spacial score (nSPS) is 17.3. The third-order valence-electron chi connectivity index (χ3n) is 3.93.